The number of amides is 1. The molecule has 1 atom stereocenters. The molecule has 1 spiro atoms. The van der Waals surface area contributed by atoms with E-state index in [-0.39, 0.29) is 17.1 Å². The Bertz CT molecular complexity index is 989. The van der Waals surface area contributed by atoms with Crippen molar-refractivity contribution in [2.75, 3.05) is 13.1 Å². The number of Topliss-reactive ketones (excluding diaryl/α,β-unsaturated/α-hetero) is 1. The minimum absolute atomic E-state index is 0.0442. The van der Waals surface area contributed by atoms with Crippen molar-refractivity contribution in [2.45, 2.75) is 64.2 Å². The predicted molar refractivity (Wildman–Crippen MR) is 103 cm³/mol. The molecule has 3 heterocycles. The fourth-order valence-electron chi connectivity index (χ4n) is 5.36. The highest BCUT2D eigenvalue weighted by atomic mass is 16.3. The van der Waals surface area contributed by atoms with Gasteiger partial charge in [0.05, 0.1) is 16.8 Å². The van der Waals surface area contributed by atoms with Crippen molar-refractivity contribution in [3.05, 3.63) is 45.9 Å². The molecule has 5 rings (SSSR count). The fourth-order valence-corrected chi connectivity index (χ4v) is 5.36. The van der Waals surface area contributed by atoms with Gasteiger partial charge in [0.25, 0.3) is 5.91 Å². The van der Waals surface area contributed by atoms with Gasteiger partial charge in [-0.1, -0.05) is 0 Å². The summed E-state index contributed by atoms with van der Waals surface area (Å²) in [7, 11) is 0. The average Bonchev–Trinajstić information content (AvgIpc) is 3.20. The van der Waals surface area contributed by atoms with Gasteiger partial charge >= 0.3 is 0 Å². The molecule has 6 nitrogen and oxygen atoms in total. The van der Waals surface area contributed by atoms with Crippen LogP contribution in [0.15, 0.2) is 10.6 Å². The molecule has 1 aliphatic heterocycles. The van der Waals surface area contributed by atoms with Crippen molar-refractivity contribution in [3.8, 4) is 0 Å². The molecule has 6 heteroatoms. The minimum Gasteiger partial charge on any atom is -0.465 e. The molecule has 2 aromatic rings. The van der Waals surface area contributed by atoms with Gasteiger partial charge in [-0.05, 0) is 51.5 Å². The number of rotatable bonds is 1. The van der Waals surface area contributed by atoms with Crippen molar-refractivity contribution in [1.82, 2.24) is 14.9 Å². The van der Waals surface area contributed by atoms with E-state index in [2.05, 4.69) is 4.98 Å². The molecule has 3 aliphatic rings. The molecular formula is C22H25N3O3. The van der Waals surface area contributed by atoms with Crippen molar-refractivity contribution < 1.29 is 14.0 Å². The highest BCUT2D eigenvalue weighted by Gasteiger charge is 2.45. The Morgan fingerprint density at radius 3 is 2.89 bits per heavy atom. The summed E-state index contributed by atoms with van der Waals surface area (Å²) in [6.45, 7) is 5.10. The van der Waals surface area contributed by atoms with Gasteiger partial charge in [0.1, 0.15) is 17.3 Å². The first-order valence-corrected chi connectivity index (χ1v) is 10.3. The smallest absolute Gasteiger partial charge is 0.258 e. The number of likely N-dealkylation sites (tertiary alicyclic amines) is 1. The normalized spacial score (nSPS) is 23.8. The lowest BCUT2D eigenvalue weighted by Crippen LogP contribution is -2.48. The molecular weight excluding hydrogens is 354 g/mol. The predicted octanol–water partition coefficient (Wildman–Crippen LogP) is 3.33. The summed E-state index contributed by atoms with van der Waals surface area (Å²) in [5, 5.41) is 0. The van der Waals surface area contributed by atoms with Crippen LogP contribution in [-0.2, 0) is 18.3 Å². The molecule has 0 saturated carbocycles. The summed E-state index contributed by atoms with van der Waals surface area (Å²) >= 11 is 0. The van der Waals surface area contributed by atoms with Crippen molar-refractivity contribution in [2.24, 2.45) is 0 Å². The van der Waals surface area contributed by atoms with Gasteiger partial charge in [0.2, 0.25) is 0 Å². The maximum Gasteiger partial charge on any atom is 0.258 e. The van der Waals surface area contributed by atoms with Gasteiger partial charge in [-0.15, -0.1) is 0 Å². The Hall–Kier alpha value is -2.50. The molecule has 0 bridgehead atoms. The Balaban J connectivity index is 1.49. The van der Waals surface area contributed by atoms with Gasteiger partial charge in [-0.3, -0.25) is 9.59 Å². The summed E-state index contributed by atoms with van der Waals surface area (Å²) < 4.78 is 5.82. The molecule has 2 aliphatic carbocycles. The molecule has 0 radical (unpaired) electrons. The van der Waals surface area contributed by atoms with E-state index < -0.39 is 0 Å². The van der Waals surface area contributed by atoms with E-state index >= 15 is 0 Å². The van der Waals surface area contributed by atoms with Gasteiger partial charge in [-0.2, -0.15) is 0 Å². The zero-order valence-electron chi connectivity index (χ0n) is 16.5. The van der Waals surface area contributed by atoms with Crippen LogP contribution in [0.25, 0.3) is 0 Å². The van der Waals surface area contributed by atoms with E-state index in [0.717, 1.165) is 50.0 Å². The maximum absolute atomic E-state index is 13.5. The standard InChI is InChI=1S/C22H25N3O3/c1-13-18(19-16(26)5-3-6-17(19)28-13)21(27)25-10-4-8-22(12-25)9-7-15-11-23-14(2)24-20(15)22/h11H,3-10,12H2,1-2H3. The fraction of sp³-hybridized carbons (Fsp3) is 0.545. The summed E-state index contributed by atoms with van der Waals surface area (Å²) in [5.41, 5.74) is 3.29. The van der Waals surface area contributed by atoms with Crippen LogP contribution in [0.2, 0.25) is 0 Å². The number of fused-ring (bicyclic) bond motifs is 3. The second-order valence-electron chi connectivity index (χ2n) is 8.51. The second kappa shape index (κ2) is 6.26. The second-order valence-corrected chi connectivity index (χ2v) is 8.51. The van der Waals surface area contributed by atoms with Crippen molar-refractivity contribution >= 4 is 11.7 Å². The highest BCUT2D eigenvalue weighted by Crippen LogP contribution is 2.44. The number of hydrogen-bond donors (Lipinski definition) is 0. The minimum atomic E-state index is -0.0847. The zero-order chi connectivity index (χ0) is 19.5. The number of furan rings is 1. The first kappa shape index (κ1) is 17.6. The molecule has 1 saturated heterocycles. The number of aromatic nitrogens is 2. The lowest BCUT2D eigenvalue weighted by atomic mass is 9.77. The van der Waals surface area contributed by atoms with Gasteiger partial charge in [0.15, 0.2) is 5.78 Å². The third kappa shape index (κ3) is 2.54. The molecule has 1 fully saturated rings. The Morgan fingerprint density at radius 1 is 1.18 bits per heavy atom. The molecule has 28 heavy (non-hydrogen) atoms. The zero-order valence-corrected chi connectivity index (χ0v) is 16.5. The quantitative estimate of drug-likeness (QED) is 0.760. The van der Waals surface area contributed by atoms with E-state index in [1.807, 2.05) is 18.0 Å². The Kier molecular flexibility index (Phi) is 3.93. The number of piperidine rings is 1. The Morgan fingerprint density at radius 2 is 2.04 bits per heavy atom. The van der Waals surface area contributed by atoms with Crippen LogP contribution in [0.1, 0.15) is 81.4 Å². The van der Waals surface area contributed by atoms with Crippen LogP contribution < -0.4 is 0 Å². The first-order chi connectivity index (χ1) is 13.5. The molecule has 1 unspecified atom stereocenters. The lowest BCUT2D eigenvalue weighted by molar-refractivity contribution is 0.0628. The SMILES string of the molecule is Cc1ncc2c(n1)C1(CCCN(C(=O)c3c(C)oc4c3C(=O)CCC4)C1)CC2. The van der Waals surface area contributed by atoms with Gasteiger partial charge in [0, 0.05) is 37.5 Å². The summed E-state index contributed by atoms with van der Waals surface area (Å²) in [6.07, 6.45) is 7.95. The summed E-state index contributed by atoms with van der Waals surface area (Å²) in [6, 6.07) is 0. The number of nitrogens with zero attached hydrogens (tertiary/aromatic N) is 3. The van der Waals surface area contributed by atoms with E-state index in [1.54, 1.807) is 6.92 Å². The van der Waals surface area contributed by atoms with E-state index in [9.17, 15) is 9.59 Å². The lowest BCUT2D eigenvalue weighted by Gasteiger charge is -2.40. The number of hydrogen-bond acceptors (Lipinski definition) is 5. The van der Waals surface area contributed by atoms with E-state index in [4.69, 9.17) is 9.40 Å². The number of carbonyl (C=O) groups excluding carboxylic acids is 2. The van der Waals surface area contributed by atoms with Crippen molar-refractivity contribution in [3.63, 3.8) is 0 Å². The summed E-state index contributed by atoms with van der Waals surface area (Å²) in [5.74, 6) is 2.04. The molecule has 146 valence electrons. The third-order valence-corrected chi connectivity index (χ3v) is 6.68. The van der Waals surface area contributed by atoms with Gasteiger partial charge < -0.3 is 9.32 Å². The van der Waals surface area contributed by atoms with Crippen LogP contribution in [0.5, 0.6) is 0 Å². The number of ketones is 1. The number of carbonyl (C=O) groups is 2. The Labute approximate surface area is 164 Å². The molecule has 1 amide bonds. The van der Waals surface area contributed by atoms with Crippen LogP contribution in [0.3, 0.4) is 0 Å². The topological polar surface area (TPSA) is 76.3 Å². The molecule has 0 aromatic carbocycles. The largest absolute Gasteiger partial charge is 0.465 e. The van der Waals surface area contributed by atoms with Crippen molar-refractivity contribution in [1.29, 1.82) is 0 Å². The van der Waals surface area contributed by atoms with E-state index in [0.29, 0.717) is 42.2 Å². The van der Waals surface area contributed by atoms with E-state index in [1.165, 1.54) is 5.56 Å². The van der Waals surface area contributed by atoms with Gasteiger partial charge in [-0.25, -0.2) is 9.97 Å². The van der Waals surface area contributed by atoms with Crippen LogP contribution in [0, 0.1) is 13.8 Å². The van der Waals surface area contributed by atoms with Crippen LogP contribution >= 0.6 is 0 Å². The first-order valence-electron chi connectivity index (χ1n) is 10.3. The maximum atomic E-state index is 13.5. The van der Waals surface area contributed by atoms with Crippen LogP contribution in [0.4, 0.5) is 0 Å². The average molecular weight is 379 g/mol. The van der Waals surface area contributed by atoms with Crippen LogP contribution in [-0.4, -0.2) is 39.6 Å². The molecule has 2 aromatic heterocycles. The monoisotopic (exact) mass is 379 g/mol. The molecule has 0 N–H and O–H groups in total. The third-order valence-electron chi connectivity index (χ3n) is 6.68. The summed E-state index contributed by atoms with van der Waals surface area (Å²) in [4.78, 5) is 37.1. The highest BCUT2D eigenvalue weighted by molar-refractivity contribution is 6.10. The number of aryl methyl sites for hydroxylation is 4.